The predicted octanol–water partition coefficient (Wildman–Crippen LogP) is 1.87. The Morgan fingerprint density at radius 2 is 1.59 bits per heavy atom. The molecular formula is C18H19NO3. The molecule has 0 unspecified atom stereocenters. The van der Waals surface area contributed by atoms with Crippen LogP contribution in [0.3, 0.4) is 0 Å². The molecule has 0 radical (unpaired) electrons. The van der Waals surface area contributed by atoms with Crippen LogP contribution >= 0.6 is 0 Å². The summed E-state index contributed by atoms with van der Waals surface area (Å²) in [7, 11) is 0. The Balaban J connectivity index is 2.85. The molecule has 0 bridgehead atoms. The van der Waals surface area contributed by atoms with Crippen LogP contribution in [0.25, 0.3) is 0 Å². The van der Waals surface area contributed by atoms with E-state index >= 15 is 0 Å². The van der Waals surface area contributed by atoms with Crippen LogP contribution in [0.1, 0.15) is 40.5 Å². The van der Waals surface area contributed by atoms with Crippen molar-refractivity contribution in [1.29, 1.82) is 0 Å². The average Bonchev–Trinajstić information content (AvgIpc) is 2.38. The van der Waals surface area contributed by atoms with Gasteiger partial charge in [-0.15, -0.1) is 11.5 Å². The van der Waals surface area contributed by atoms with E-state index in [-0.39, 0.29) is 0 Å². The van der Waals surface area contributed by atoms with Crippen molar-refractivity contribution in [1.82, 2.24) is 5.06 Å². The van der Waals surface area contributed by atoms with Gasteiger partial charge in [0.2, 0.25) is 0 Å². The number of terminal acetylenes is 1. The van der Waals surface area contributed by atoms with E-state index in [4.69, 9.17) is 11.3 Å². The van der Waals surface area contributed by atoms with Gasteiger partial charge in [0.15, 0.2) is 6.11 Å². The molecule has 1 N–H and O–H groups in total. The molecule has 22 heavy (non-hydrogen) atoms. The summed E-state index contributed by atoms with van der Waals surface area (Å²) < 4.78 is 0. The van der Waals surface area contributed by atoms with Gasteiger partial charge < -0.3 is 9.94 Å². The van der Waals surface area contributed by atoms with Crippen LogP contribution in [-0.2, 0) is 9.63 Å². The molecule has 0 spiro atoms. The molecule has 1 aliphatic heterocycles. The first-order valence-electron chi connectivity index (χ1n) is 6.86. The number of hydrogen-bond donors (Lipinski definition) is 1. The summed E-state index contributed by atoms with van der Waals surface area (Å²) in [5, 5.41) is 11.0. The van der Waals surface area contributed by atoms with Crippen LogP contribution in [-0.4, -0.2) is 27.2 Å². The topological polar surface area (TPSA) is 49.8 Å². The van der Waals surface area contributed by atoms with Gasteiger partial charge in [0.25, 0.3) is 0 Å². The van der Waals surface area contributed by atoms with Crippen molar-refractivity contribution in [3.8, 4) is 48.1 Å². The number of piperidine rings is 1. The zero-order chi connectivity index (χ0) is 16.8. The quantitative estimate of drug-likeness (QED) is 0.791. The molecule has 0 aliphatic carbocycles. The second-order valence-corrected chi connectivity index (χ2v) is 6.33. The summed E-state index contributed by atoms with van der Waals surface area (Å²) in [5.74, 6) is 13.3. The molecule has 0 aromatic carbocycles. The van der Waals surface area contributed by atoms with Crippen LogP contribution < -0.4 is 0 Å². The largest absolute Gasteiger partial charge is 0.481 e. The first-order valence-corrected chi connectivity index (χ1v) is 6.86. The van der Waals surface area contributed by atoms with E-state index in [9.17, 15) is 9.90 Å². The van der Waals surface area contributed by atoms with Gasteiger partial charge in [-0.25, -0.2) is 0 Å². The fourth-order valence-corrected chi connectivity index (χ4v) is 2.91. The number of hydroxylamine groups is 2. The average molecular weight is 297 g/mol. The number of nitrogens with zero attached hydrogens (tertiary/aromatic N) is 1. The molecule has 1 rings (SSSR count). The van der Waals surface area contributed by atoms with Gasteiger partial charge in [-0.05, 0) is 58.3 Å². The Hall–Kier alpha value is -2.53. The van der Waals surface area contributed by atoms with Gasteiger partial charge in [0.05, 0.1) is 17.0 Å². The molecule has 114 valence electrons. The Morgan fingerprint density at radius 3 is 2.09 bits per heavy atom. The summed E-state index contributed by atoms with van der Waals surface area (Å²) in [6.07, 6.45) is 8.47. The lowest BCUT2D eigenvalue weighted by molar-refractivity contribution is -0.247. The van der Waals surface area contributed by atoms with E-state index in [1.807, 2.05) is 27.7 Å². The van der Waals surface area contributed by atoms with Crippen molar-refractivity contribution in [2.75, 3.05) is 0 Å². The number of hydrogen-bond acceptors (Lipinski definition) is 3. The fraction of sp³-hybridized carbons (Fsp3) is 0.500. The van der Waals surface area contributed by atoms with Crippen molar-refractivity contribution in [2.24, 2.45) is 5.92 Å². The summed E-state index contributed by atoms with van der Waals surface area (Å²) in [6.45, 7) is 7.76. The first kappa shape index (κ1) is 17.5. The van der Waals surface area contributed by atoms with Gasteiger partial charge >= 0.3 is 5.97 Å². The molecule has 4 nitrogen and oxygen atoms in total. The smallest absolute Gasteiger partial charge is 0.306 e. The highest BCUT2D eigenvalue weighted by Gasteiger charge is 2.49. The monoisotopic (exact) mass is 297 g/mol. The molecule has 1 heterocycles. The van der Waals surface area contributed by atoms with Crippen LogP contribution in [0.15, 0.2) is 0 Å². The Kier molecular flexibility index (Phi) is 5.54. The second kappa shape index (κ2) is 6.95. The highest BCUT2D eigenvalue weighted by atomic mass is 16.7. The van der Waals surface area contributed by atoms with Gasteiger partial charge in [0.1, 0.15) is 0 Å². The number of carboxylic acids is 1. The Morgan fingerprint density at radius 1 is 1.09 bits per heavy atom. The molecule has 0 amide bonds. The molecule has 0 atom stereocenters. The maximum absolute atomic E-state index is 11.3. The lowest BCUT2D eigenvalue weighted by Gasteiger charge is -2.51. The van der Waals surface area contributed by atoms with Crippen molar-refractivity contribution in [2.45, 2.75) is 51.6 Å². The van der Waals surface area contributed by atoms with Crippen molar-refractivity contribution >= 4 is 5.97 Å². The molecule has 0 saturated carbocycles. The lowest BCUT2D eigenvalue weighted by Crippen LogP contribution is -2.60. The van der Waals surface area contributed by atoms with E-state index in [0.29, 0.717) is 12.8 Å². The van der Waals surface area contributed by atoms with Crippen LogP contribution in [0.2, 0.25) is 0 Å². The summed E-state index contributed by atoms with van der Waals surface area (Å²) in [6, 6.07) is 0. The standard InChI is InChI=1S/C18H19NO3/c1-6-7-8-9-10-11-12-22-19-17(2,3)13-15(16(20)21)14-18(19,4)5/h1,15H,13-14H2,2-5H3,(H,20,21). The fourth-order valence-electron chi connectivity index (χ4n) is 2.91. The van der Waals surface area contributed by atoms with E-state index in [2.05, 4.69) is 41.6 Å². The van der Waals surface area contributed by atoms with Crippen LogP contribution in [0.5, 0.6) is 0 Å². The predicted molar refractivity (Wildman–Crippen MR) is 83.6 cm³/mol. The maximum atomic E-state index is 11.3. The maximum Gasteiger partial charge on any atom is 0.306 e. The zero-order valence-corrected chi connectivity index (χ0v) is 13.3. The molecule has 0 aromatic heterocycles. The van der Waals surface area contributed by atoms with Crippen LogP contribution in [0, 0.1) is 54.0 Å². The van der Waals surface area contributed by atoms with E-state index in [1.165, 1.54) is 0 Å². The lowest BCUT2D eigenvalue weighted by atomic mass is 9.75. The molecule has 0 aromatic rings. The number of rotatable bonds is 2. The number of carboxylic acid groups (broad SMARTS) is 1. The van der Waals surface area contributed by atoms with Gasteiger partial charge in [-0.1, -0.05) is 0 Å². The van der Waals surface area contributed by atoms with Crippen molar-refractivity contribution in [3.63, 3.8) is 0 Å². The SMILES string of the molecule is C#CC#CC#CC#CON1C(C)(C)CC(C(=O)O)CC1(C)C. The summed E-state index contributed by atoms with van der Waals surface area (Å²) >= 11 is 0. The zero-order valence-electron chi connectivity index (χ0n) is 13.3. The van der Waals surface area contributed by atoms with Crippen LogP contribution in [0.4, 0.5) is 0 Å². The minimum Gasteiger partial charge on any atom is -0.481 e. The molecule has 1 aliphatic rings. The third kappa shape index (κ3) is 4.49. The third-order valence-electron chi connectivity index (χ3n) is 3.45. The highest BCUT2D eigenvalue weighted by Crippen LogP contribution is 2.41. The number of aliphatic carboxylic acids is 1. The van der Waals surface area contributed by atoms with Gasteiger partial charge in [-0.2, -0.15) is 0 Å². The molecule has 1 fully saturated rings. The van der Waals surface area contributed by atoms with Crippen molar-refractivity contribution in [3.05, 3.63) is 0 Å². The molecule has 4 heteroatoms. The van der Waals surface area contributed by atoms with E-state index < -0.39 is 23.0 Å². The number of carbonyl (C=O) groups is 1. The second-order valence-electron chi connectivity index (χ2n) is 6.33. The Bertz CT molecular complexity index is 645. The van der Waals surface area contributed by atoms with Gasteiger partial charge in [-0.3, -0.25) is 4.79 Å². The first-order chi connectivity index (χ1) is 10.2. The van der Waals surface area contributed by atoms with E-state index in [0.717, 1.165) is 0 Å². The van der Waals surface area contributed by atoms with E-state index in [1.54, 1.807) is 5.06 Å². The summed E-state index contributed by atoms with van der Waals surface area (Å²) in [5.41, 5.74) is -0.896. The summed E-state index contributed by atoms with van der Waals surface area (Å²) in [4.78, 5) is 16.8. The van der Waals surface area contributed by atoms with Gasteiger partial charge in [0, 0.05) is 17.8 Å². The molecule has 1 saturated heterocycles. The van der Waals surface area contributed by atoms with Crippen molar-refractivity contribution < 1.29 is 14.7 Å². The highest BCUT2D eigenvalue weighted by molar-refractivity contribution is 5.70. The minimum absolute atomic E-state index is 0.392. The Labute approximate surface area is 132 Å². The normalized spacial score (nSPS) is 19.0. The minimum atomic E-state index is -0.773. The third-order valence-corrected chi connectivity index (χ3v) is 3.45. The molecular weight excluding hydrogens is 278 g/mol.